The van der Waals surface area contributed by atoms with E-state index in [-0.39, 0.29) is 35.0 Å². The Morgan fingerprint density at radius 3 is 2.85 bits per heavy atom. The highest BCUT2D eigenvalue weighted by Gasteiger charge is 2.45. The minimum Gasteiger partial charge on any atom is -0.507 e. The van der Waals surface area contributed by atoms with Crippen LogP contribution in [0.2, 0.25) is 0 Å². The van der Waals surface area contributed by atoms with Gasteiger partial charge in [0.1, 0.15) is 11.5 Å². The van der Waals surface area contributed by atoms with Crippen LogP contribution in [0.4, 0.5) is 0 Å². The Hall–Kier alpha value is -1.59. The summed E-state index contributed by atoms with van der Waals surface area (Å²) >= 11 is 0. The number of hydrogen-bond acceptors (Lipinski definition) is 5. The number of aliphatic hydroxyl groups is 1. The molecule has 0 aromatic heterocycles. The molecule has 108 valence electrons. The first-order valence-electron chi connectivity index (χ1n) is 6.77. The van der Waals surface area contributed by atoms with Crippen LogP contribution in [0, 0.1) is 11.8 Å². The summed E-state index contributed by atoms with van der Waals surface area (Å²) < 4.78 is 10.6. The molecule has 0 unspecified atom stereocenters. The van der Waals surface area contributed by atoms with E-state index in [9.17, 15) is 15.0 Å². The van der Waals surface area contributed by atoms with E-state index >= 15 is 0 Å². The molecule has 0 bridgehead atoms. The van der Waals surface area contributed by atoms with E-state index in [1.165, 1.54) is 13.2 Å². The maximum atomic E-state index is 12.5. The second-order valence-corrected chi connectivity index (χ2v) is 5.57. The summed E-state index contributed by atoms with van der Waals surface area (Å²) in [5, 5.41) is 20.6. The minimum atomic E-state index is -0.778. The first-order valence-corrected chi connectivity index (χ1v) is 6.77. The lowest BCUT2D eigenvalue weighted by molar-refractivity contribution is -0.0688. The van der Waals surface area contributed by atoms with Gasteiger partial charge in [-0.2, -0.15) is 0 Å². The van der Waals surface area contributed by atoms with E-state index in [1.807, 2.05) is 6.92 Å². The molecule has 0 radical (unpaired) electrons. The normalized spacial score (nSPS) is 32.5. The third-order valence-electron chi connectivity index (χ3n) is 4.35. The number of phenols is 1. The molecule has 1 fully saturated rings. The van der Waals surface area contributed by atoms with Crippen molar-refractivity contribution in [2.45, 2.75) is 25.6 Å². The molecule has 3 rings (SSSR count). The summed E-state index contributed by atoms with van der Waals surface area (Å²) in [6.07, 6.45) is -0.117. The lowest BCUT2D eigenvalue weighted by Crippen LogP contribution is -2.43. The average molecular weight is 278 g/mol. The monoisotopic (exact) mass is 278 g/mol. The standard InChI is InChI=1S/C15H18O5/c1-7-3-9-11(6-20-7)15(18)13-10(14(9)17)4-8(19-2)5-12(13)16/h4-5,7,9,11,14,16-17H,3,6H2,1-2H3/t7-,9+,11-,14+/m0/s1. The van der Waals surface area contributed by atoms with Gasteiger partial charge in [-0.05, 0) is 25.0 Å². The van der Waals surface area contributed by atoms with Crippen LogP contribution in [0.3, 0.4) is 0 Å². The number of Topliss-reactive ketones (excluding diaryl/α,β-unsaturated/α-hetero) is 1. The van der Waals surface area contributed by atoms with Crippen LogP contribution in [0.25, 0.3) is 0 Å². The molecule has 2 N–H and O–H groups in total. The van der Waals surface area contributed by atoms with Gasteiger partial charge in [-0.3, -0.25) is 4.79 Å². The summed E-state index contributed by atoms with van der Waals surface area (Å²) in [6, 6.07) is 3.03. The Kier molecular flexibility index (Phi) is 3.18. The summed E-state index contributed by atoms with van der Waals surface area (Å²) in [5.41, 5.74) is 0.667. The smallest absolute Gasteiger partial charge is 0.172 e. The molecule has 0 saturated carbocycles. The van der Waals surface area contributed by atoms with Gasteiger partial charge in [0.15, 0.2) is 5.78 Å². The summed E-state index contributed by atoms with van der Waals surface area (Å²) in [5.74, 6) is -0.396. The van der Waals surface area contributed by atoms with Gasteiger partial charge in [-0.1, -0.05) is 0 Å². The molecular weight excluding hydrogens is 260 g/mol. The molecule has 0 amide bonds. The predicted molar refractivity (Wildman–Crippen MR) is 71.0 cm³/mol. The molecule has 1 saturated heterocycles. The number of fused-ring (bicyclic) bond motifs is 2. The van der Waals surface area contributed by atoms with Crippen molar-refractivity contribution < 1.29 is 24.5 Å². The van der Waals surface area contributed by atoms with Gasteiger partial charge >= 0.3 is 0 Å². The first kappa shape index (κ1) is 13.4. The molecule has 2 aliphatic rings. The minimum absolute atomic E-state index is 0.0273. The van der Waals surface area contributed by atoms with Crippen LogP contribution in [0.15, 0.2) is 12.1 Å². The van der Waals surface area contributed by atoms with Crippen molar-refractivity contribution in [3.63, 3.8) is 0 Å². The number of hydrogen-bond donors (Lipinski definition) is 2. The summed E-state index contributed by atoms with van der Waals surface area (Å²) in [6.45, 7) is 2.23. The van der Waals surface area contributed by atoms with Crippen molar-refractivity contribution >= 4 is 5.78 Å². The molecule has 1 aromatic carbocycles. The van der Waals surface area contributed by atoms with Crippen molar-refractivity contribution in [2.24, 2.45) is 11.8 Å². The van der Waals surface area contributed by atoms with Gasteiger partial charge in [0.25, 0.3) is 0 Å². The summed E-state index contributed by atoms with van der Waals surface area (Å²) in [4.78, 5) is 12.5. The Morgan fingerprint density at radius 1 is 1.40 bits per heavy atom. The maximum absolute atomic E-state index is 12.5. The van der Waals surface area contributed by atoms with E-state index in [0.717, 1.165) is 0 Å². The van der Waals surface area contributed by atoms with Gasteiger partial charge in [-0.25, -0.2) is 0 Å². The highest BCUT2D eigenvalue weighted by Crippen LogP contribution is 2.46. The Labute approximate surface area is 117 Å². The van der Waals surface area contributed by atoms with Gasteiger partial charge in [-0.15, -0.1) is 0 Å². The molecule has 5 heteroatoms. The van der Waals surface area contributed by atoms with E-state index in [2.05, 4.69) is 0 Å². The van der Waals surface area contributed by atoms with Crippen LogP contribution >= 0.6 is 0 Å². The number of aromatic hydroxyl groups is 1. The van der Waals surface area contributed by atoms with Gasteiger partial charge < -0.3 is 19.7 Å². The zero-order valence-corrected chi connectivity index (χ0v) is 11.5. The third-order valence-corrected chi connectivity index (χ3v) is 4.35. The lowest BCUT2D eigenvalue weighted by atomic mass is 9.70. The topological polar surface area (TPSA) is 76.0 Å². The maximum Gasteiger partial charge on any atom is 0.172 e. The number of aliphatic hydroxyl groups excluding tert-OH is 1. The number of ketones is 1. The zero-order valence-electron chi connectivity index (χ0n) is 11.5. The lowest BCUT2D eigenvalue weighted by Gasteiger charge is -2.41. The molecule has 20 heavy (non-hydrogen) atoms. The number of phenolic OH excluding ortho intramolecular Hbond substituents is 1. The van der Waals surface area contributed by atoms with E-state index in [4.69, 9.17) is 9.47 Å². The molecule has 1 heterocycles. The zero-order chi connectivity index (χ0) is 14.4. The van der Waals surface area contributed by atoms with Gasteiger partial charge in [0.2, 0.25) is 0 Å². The average Bonchev–Trinajstić information content (AvgIpc) is 2.43. The van der Waals surface area contributed by atoms with E-state index < -0.39 is 6.10 Å². The predicted octanol–water partition coefficient (Wildman–Crippen LogP) is 1.67. The summed E-state index contributed by atoms with van der Waals surface area (Å²) in [7, 11) is 1.48. The van der Waals surface area contributed by atoms with Crippen LogP contribution < -0.4 is 4.74 Å². The first-order chi connectivity index (χ1) is 9.52. The number of benzene rings is 1. The van der Waals surface area contributed by atoms with Crippen LogP contribution in [0.1, 0.15) is 35.4 Å². The van der Waals surface area contributed by atoms with Gasteiger partial charge in [0, 0.05) is 12.0 Å². The van der Waals surface area contributed by atoms with Crippen LogP contribution in [-0.4, -0.2) is 35.8 Å². The number of rotatable bonds is 1. The largest absolute Gasteiger partial charge is 0.507 e. The fourth-order valence-electron chi connectivity index (χ4n) is 3.28. The Balaban J connectivity index is 2.11. The molecule has 1 aliphatic carbocycles. The molecular formula is C15H18O5. The fraction of sp³-hybridized carbons (Fsp3) is 0.533. The van der Waals surface area contributed by atoms with Crippen LogP contribution in [-0.2, 0) is 4.74 Å². The molecule has 0 spiro atoms. The Bertz CT molecular complexity index is 553. The van der Waals surface area contributed by atoms with Crippen molar-refractivity contribution in [3.8, 4) is 11.5 Å². The highest BCUT2D eigenvalue weighted by atomic mass is 16.5. The van der Waals surface area contributed by atoms with Crippen molar-refractivity contribution in [1.82, 2.24) is 0 Å². The van der Waals surface area contributed by atoms with Crippen molar-refractivity contribution in [2.75, 3.05) is 13.7 Å². The molecule has 1 aromatic rings. The molecule has 4 atom stereocenters. The van der Waals surface area contributed by atoms with E-state index in [0.29, 0.717) is 24.3 Å². The van der Waals surface area contributed by atoms with Crippen molar-refractivity contribution in [1.29, 1.82) is 0 Å². The Morgan fingerprint density at radius 2 is 2.15 bits per heavy atom. The number of carbonyl (C=O) groups is 1. The fourth-order valence-corrected chi connectivity index (χ4v) is 3.28. The number of carbonyl (C=O) groups excluding carboxylic acids is 1. The second kappa shape index (κ2) is 4.75. The van der Waals surface area contributed by atoms with Gasteiger partial charge in [0.05, 0.1) is 37.4 Å². The molecule has 5 nitrogen and oxygen atoms in total. The highest BCUT2D eigenvalue weighted by molar-refractivity contribution is 6.03. The van der Waals surface area contributed by atoms with E-state index in [1.54, 1.807) is 6.07 Å². The number of methoxy groups -OCH3 is 1. The van der Waals surface area contributed by atoms with Crippen molar-refractivity contribution in [3.05, 3.63) is 23.3 Å². The third kappa shape index (κ3) is 1.89. The number of ether oxygens (including phenoxy) is 2. The molecule has 1 aliphatic heterocycles. The SMILES string of the molecule is COc1cc(O)c2c(c1)[C@H](O)[C@@H]1C[C@H](C)OC[C@@H]1C2=O. The quantitative estimate of drug-likeness (QED) is 0.817. The second-order valence-electron chi connectivity index (χ2n) is 5.57. The van der Waals surface area contributed by atoms with Crippen LogP contribution in [0.5, 0.6) is 11.5 Å².